The molecule has 0 saturated carbocycles. The maximum Gasteiger partial charge on any atom is 0.0818 e. The molecule has 1 heteroatoms. The van der Waals surface area contributed by atoms with Gasteiger partial charge < -0.3 is 5.11 Å². The van der Waals surface area contributed by atoms with Crippen molar-refractivity contribution in [2.24, 2.45) is 5.92 Å². The molecule has 0 radical (unpaired) electrons. The van der Waals surface area contributed by atoms with Gasteiger partial charge in [-0.15, -0.1) is 0 Å². The molecule has 17 heavy (non-hydrogen) atoms. The van der Waals surface area contributed by atoms with Crippen molar-refractivity contribution in [2.45, 2.75) is 59.0 Å². The molecular weight excluding hydrogens is 208 g/mol. The number of hydrogen-bond acceptors (Lipinski definition) is 1. The van der Waals surface area contributed by atoms with Gasteiger partial charge in [-0.1, -0.05) is 64.8 Å². The van der Waals surface area contributed by atoms with E-state index in [1.807, 2.05) is 0 Å². The van der Waals surface area contributed by atoms with E-state index < -0.39 is 0 Å². The Morgan fingerprint density at radius 1 is 0.882 bits per heavy atom. The summed E-state index contributed by atoms with van der Waals surface area (Å²) in [6.07, 6.45) is 2.92. The van der Waals surface area contributed by atoms with Gasteiger partial charge in [-0.05, 0) is 29.4 Å². The zero-order valence-electron chi connectivity index (χ0n) is 11.6. The maximum absolute atomic E-state index is 10.3. The SMILES string of the molecule is CCC(C)c1ccc(C(O)C(CC)CC)cc1. The van der Waals surface area contributed by atoms with Crippen LogP contribution in [0.1, 0.15) is 70.1 Å². The molecule has 0 aliphatic rings. The van der Waals surface area contributed by atoms with Crippen LogP contribution in [0.4, 0.5) is 0 Å². The van der Waals surface area contributed by atoms with Crippen LogP contribution in [-0.2, 0) is 0 Å². The first-order valence-electron chi connectivity index (χ1n) is 6.91. The molecule has 0 amide bonds. The molecule has 1 aromatic rings. The Balaban J connectivity index is 2.79. The number of hydrogen-bond donors (Lipinski definition) is 1. The lowest BCUT2D eigenvalue weighted by atomic mass is 9.89. The summed E-state index contributed by atoms with van der Waals surface area (Å²) in [5.41, 5.74) is 2.43. The fourth-order valence-electron chi connectivity index (χ4n) is 2.26. The highest BCUT2D eigenvalue weighted by Gasteiger charge is 2.17. The summed E-state index contributed by atoms with van der Waals surface area (Å²) in [7, 11) is 0. The van der Waals surface area contributed by atoms with Crippen LogP contribution >= 0.6 is 0 Å². The van der Waals surface area contributed by atoms with Crippen LogP contribution in [0.2, 0.25) is 0 Å². The molecule has 0 aromatic heterocycles. The fourth-order valence-corrected chi connectivity index (χ4v) is 2.26. The molecule has 0 spiro atoms. The molecule has 1 nitrogen and oxygen atoms in total. The number of rotatable bonds is 6. The van der Waals surface area contributed by atoms with Crippen LogP contribution in [-0.4, -0.2) is 5.11 Å². The van der Waals surface area contributed by atoms with Crippen LogP contribution in [0.15, 0.2) is 24.3 Å². The normalized spacial score (nSPS) is 14.9. The molecule has 0 aliphatic carbocycles. The van der Waals surface area contributed by atoms with Crippen molar-refractivity contribution in [1.29, 1.82) is 0 Å². The highest BCUT2D eigenvalue weighted by molar-refractivity contribution is 5.26. The molecule has 1 aromatic carbocycles. The van der Waals surface area contributed by atoms with Crippen molar-refractivity contribution in [3.8, 4) is 0 Å². The van der Waals surface area contributed by atoms with Crippen molar-refractivity contribution in [3.63, 3.8) is 0 Å². The molecule has 0 heterocycles. The van der Waals surface area contributed by atoms with Gasteiger partial charge in [-0.2, -0.15) is 0 Å². The molecular formula is C16H26O. The van der Waals surface area contributed by atoms with Gasteiger partial charge in [-0.25, -0.2) is 0 Å². The van der Waals surface area contributed by atoms with E-state index >= 15 is 0 Å². The van der Waals surface area contributed by atoms with Gasteiger partial charge in [-0.3, -0.25) is 0 Å². The third-order valence-corrected chi connectivity index (χ3v) is 3.95. The lowest BCUT2D eigenvalue weighted by Crippen LogP contribution is -2.10. The summed E-state index contributed by atoms with van der Waals surface area (Å²) >= 11 is 0. The minimum atomic E-state index is -0.309. The summed E-state index contributed by atoms with van der Waals surface area (Å²) in [5, 5.41) is 10.3. The molecule has 1 N–H and O–H groups in total. The predicted octanol–water partition coefficient (Wildman–Crippen LogP) is 4.67. The Labute approximate surface area is 106 Å². The van der Waals surface area contributed by atoms with E-state index in [2.05, 4.69) is 52.0 Å². The molecule has 2 atom stereocenters. The second-order valence-electron chi connectivity index (χ2n) is 5.00. The number of aliphatic hydroxyl groups is 1. The average Bonchev–Trinajstić information content (AvgIpc) is 2.39. The number of aliphatic hydroxyl groups excluding tert-OH is 1. The smallest absolute Gasteiger partial charge is 0.0818 e. The Morgan fingerprint density at radius 2 is 1.35 bits per heavy atom. The quantitative estimate of drug-likeness (QED) is 0.758. The van der Waals surface area contributed by atoms with Gasteiger partial charge in [0.2, 0.25) is 0 Å². The molecule has 0 bridgehead atoms. The van der Waals surface area contributed by atoms with Gasteiger partial charge in [0.05, 0.1) is 6.10 Å². The zero-order valence-corrected chi connectivity index (χ0v) is 11.6. The second kappa shape index (κ2) is 6.80. The predicted molar refractivity (Wildman–Crippen MR) is 74.2 cm³/mol. The van der Waals surface area contributed by atoms with Gasteiger partial charge in [0.15, 0.2) is 0 Å². The average molecular weight is 234 g/mol. The van der Waals surface area contributed by atoms with Crippen molar-refractivity contribution in [1.82, 2.24) is 0 Å². The number of benzene rings is 1. The van der Waals surface area contributed by atoms with Crippen LogP contribution in [0, 0.1) is 5.92 Å². The van der Waals surface area contributed by atoms with Gasteiger partial charge in [0, 0.05) is 0 Å². The Morgan fingerprint density at radius 3 is 1.76 bits per heavy atom. The third-order valence-electron chi connectivity index (χ3n) is 3.95. The molecule has 2 unspecified atom stereocenters. The standard InChI is InChI=1S/C16H26O/c1-5-12(4)14-8-10-15(11-9-14)16(17)13(6-2)7-3/h8-13,16-17H,5-7H2,1-4H3. The highest BCUT2D eigenvalue weighted by atomic mass is 16.3. The van der Waals surface area contributed by atoms with Gasteiger partial charge in [0.25, 0.3) is 0 Å². The Bertz CT molecular complexity index is 311. The first-order valence-corrected chi connectivity index (χ1v) is 6.91. The summed E-state index contributed by atoms with van der Waals surface area (Å²) in [4.78, 5) is 0. The minimum absolute atomic E-state index is 0.309. The van der Waals surface area contributed by atoms with Crippen molar-refractivity contribution < 1.29 is 5.11 Å². The summed E-state index contributed by atoms with van der Waals surface area (Å²) in [6, 6.07) is 8.50. The monoisotopic (exact) mass is 234 g/mol. The van der Waals surface area contributed by atoms with Crippen molar-refractivity contribution >= 4 is 0 Å². The van der Waals surface area contributed by atoms with Crippen molar-refractivity contribution in [2.75, 3.05) is 0 Å². The third kappa shape index (κ3) is 3.57. The maximum atomic E-state index is 10.3. The van der Waals surface area contributed by atoms with Gasteiger partial charge in [0.1, 0.15) is 0 Å². The first kappa shape index (κ1) is 14.2. The van der Waals surface area contributed by atoms with Crippen LogP contribution < -0.4 is 0 Å². The zero-order chi connectivity index (χ0) is 12.8. The summed E-state index contributed by atoms with van der Waals surface area (Å²) in [6.45, 7) is 8.74. The lowest BCUT2D eigenvalue weighted by Gasteiger charge is -2.21. The van der Waals surface area contributed by atoms with E-state index in [-0.39, 0.29) is 6.10 Å². The summed E-state index contributed by atoms with van der Waals surface area (Å²) in [5.74, 6) is 0.985. The first-order chi connectivity index (χ1) is 8.13. The Hall–Kier alpha value is -0.820. The fraction of sp³-hybridized carbons (Fsp3) is 0.625. The minimum Gasteiger partial charge on any atom is -0.388 e. The van der Waals surface area contributed by atoms with E-state index in [9.17, 15) is 5.11 Å². The lowest BCUT2D eigenvalue weighted by molar-refractivity contribution is 0.103. The summed E-state index contributed by atoms with van der Waals surface area (Å²) < 4.78 is 0. The molecule has 0 saturated heterocycles. The Kier molecular flexibility index (Phi) is 5.70. The van der Waals surface area contributed by atoms with E-state index in [0.717, 1.165) is 24.8 Å². The van der Waals surface area contributed by atoms with E-state index in [0.29, 0.717) is 11.8 Å². The molecule has 0 aliphatic heterocycles. The van der Waals surface area contributed by atoms with Crippen LogP contribution in [0.3, 0.4) is 0 Å². The second-order valence-corrected chi connectivity index (χ2v) is 5.00. The topological polar surface area (TPSA) is 20.2 Å². The molecule has 0 fully saturated rings. The van der Waals surface area contributed by atoms with Crippen LogP contribution in [0.25, 0.3) is 0 Å². The van der Waals surface area contributed by atoms with E-state index in [1.165, 1.54) is 5.56 Å². The largest absolute Gasteiger partial charge is 0.388 e. The van der Waals surface area contributed by atoms with Gasteiger partial charge >= 0.3 is 0 Å². The molecule has 96 valence electrons. The highest BCUT2D eigenvalue weighted by Crippen LogP contribution is 2.28. The van der Waals surface area contributed by atoms with Crippen LogP contribution in [0.5, 0.6) is 0 Å². The van der Waals surface area contributed by atoms with E-state index in [1.54, 1.807) is 0 Å². The van der Waals surface area contributed by atoms with Crippen molar-refractivity contribution in [3.05, 3.63) is 35.4 Å². The van der Waals surface area contributed by atoms with E-state index in [4.69, 9.17) is 0 Å². The molecule has 1 rings (SSSR count).